The van der Waals surface area contributed by atoms with Crippen molar-refractivity contribution in [1.29, 1.82) is 0 Å². The fourth-order valence-corrected chi connectivity index (χ4v) is 5.55. The molecule has 1 saturated carbocycles. The topological polar surface area (TPSA) is 32.5 Å². The van der Waals surface area contributed by atoms with Crippen molar-refractivity contribution in [1.82, 2.24) is 9.88 Å². The number of oxazole rings is 1. The highest BCUT2D eigenvalue weighted by Crippen LogP contribution is 2.59. The van der Waals surface area contributed by atoms with E-state index in [0.29, 0.717) is 11.5 Å². The van der Waals surface area contributed by atoms with E-state index in [9.17, 15) is 0 Å². The lowest BCUT2D eigenvalue weighted by Crippen LogP contribution is -2.51. The average molecular weight is 366 g/mol. The van der Waals surface area contributed by atoms with Gasteiger partial charge >= 0.3 is 0 Å². The Labute approximate surface area is 162 Å². The number of aromatic nitrogens is 1. The van der Waals surface area contributed by atoms with E-state index in [1.807, 2.05) is 24.3 Å². The first-order valence-electron chi connectivity index (χ1n) is 10.5. The largest absolute Gasteiger partial charge is 0.423 e. The number of nitrogens with zero attached hydrogens (tertiary/aromatic N) is 3. The van der Waals surface area contributed by atoms with E-state index < -0.39 is 0 Å². The van der Waals surface area contributed by atoms with Crippen LogP contribution in [0.2, 0.25) is 0 Å². The van der Waals surface area contributed by atoms with Gasteiger partial charge in [-0.15, -0.1) is 0 Å². The lowest BCUT2D eigenvalue weighted by atomic mass is 9.49. The normalized spacial score (nSPS) is 28.0. The molecule has 2 heterocycles. The van der Waals surface area contributed by atoms with Gasteiger partial charge < -0.3 is 9.32 Å². The predicted molar refractivity (Wildman–Crippen MR) is 110 cm³/mol. The van der Waals surface area contributed by atoms with E-state index in [0.717, 1.165) is 29.0 Å². The number of hydrogen-bond acceptors (Lipinski definition) is 4. The summed E-state index contributed by atoms with van der Waals surface area (Å²) in [4.78, 5) is 9.58. The molecular formula is C23H31N3O. The smallest absolute Gasteiger partial charge is 0.298 e. The Hall–Kier alpha value is -1.81. The zero-order valence-corrected chi connectivity index (χ0v) is 16.8. The van der Waals surface area contributed by atoms with E-state index in [1.165, 1.54) is 45.3 Å². The molecule has 2 atom stereocenters. The molecule has 4 nitrogen and oxygen atoms in total. The standard InChI is InChI=1S/C23H31N3O/c1-23(2)17-9-8-16(19(23)14-17)15-26-12-10-18(11-13-26)25(3)22-24-20-6-4-5-7-21(20)27-22/h4-8,17-19H,9-15H2,1-3H3/t17-,19-/m0/s1. The van der Waals surface area contributed by atoms with Gasteiger partial charge in [0.1, 0.15) is 5.52 Å². The minimum Gasteiger partial charge on any atom is -0.423 e. The fraction of sp³-hybridized carbons (Fsp3) is 0.609. The second-order valence-electron chi connectivity index (χ2n) is 9.40. The first kappa shape index (κ1) is 17.3. The molecule has 0 radical (unpaired) electrons. The van der Waals surface area contributed by atoms with Crippen molar-refractivity contribution in [3.05, 3.63) is 35.9 Å². The lowest BCUT2D eigenvalue weighted by Gasteiger charge is -2.57. The number of allylic oxidation sites excluding steroid dienone is 1. The number of fused-ring (bicyclic) bond motifs is 2. The number of para-hydroxylation sites is 2. The van der Waals surface area contributed by atoms with Crippen LogP contribution in [0, 0.1) is 17.3 Å². The van der Waals surface area contributed by atoms with Crippen LogP contribution >= 0.6 is 0 Å². The highest BCUT2D eigenvalue weighted by atomic mass is 16.4. The highest BCUT2D eigenvalue weighted by molar-refractivity contribution is 5.74. The van der Waals surface area contributed by atoms with Gasteiger partial charge in [-0.2, -0.15) is 4.98 Å². The van der Waals surface area contributed by atoms with E-state index in [2.05, 4.69) is 41.8 Å². The molecule has 2 bridgehead atoms. The van der Waals surface area contributed by atoms with Gasteiger partial charge in [-0.05, 0) is 55.1 Å². The van der Waals surface area contributed by atoms with Gasteiger partial charge in [-0.25, -0.2) is 0 Å². The molecule has 2 fully saturated rings. The third-order valence-electron chi connectivity index (χ3n) is 7.68. The molecule has 0 N–H and O–H groups in total. The summed E-state index contributed by atoms with van der Waals surface area (Å²) in [6.07, 6.45) is 7.64. The van der Waals surface area contributed by atoms with Crippen molar-refractivity contribution in [2.24, 2.45) is 17.3 Å². The number of hydrogen-bond donors (Lipinski definition) is 0. The molecule has 1 aromatic heterocycles. The molecule has 1 saturated heterocycles. The summed E-state index contributed by atoms with van der Waals surface area (Å²) < 4.78 is 5.97. The number of rotatable bonds is 4. The molecule has 27 heavy (non-hydrogen) atoms. The Balaban J connectivity index is 1.20. The van der Waals surface area contributed by atoms with E-state index in [4.69, 9.17) is 4.42 Å². The third kappa shape index (κ3) is 2.89. The summed E-state index contributed by atoms with van der Waals surface area (Å²) in [6.45, 7) is 8.47. The van der Waals surface area contributed by atoms with Crippen LogP contribution in [0.4, 0.5) is 6.01 Å². The summed E-state index contributed by atoms with van der Waals surface area (Å²) in [6, 6.07) is 9.29. The van der Waals surface area contributed by atoms with Crippen LogP contribution in [0.5, 0.6) is 0 Å². The Morgan fingerprint density at radius 2 is 2.00 bits per heavy atom. The predicted octanol–water partition coefficient (Wildman–Crippen LogP) is 4.72. The Kier molecular flexibility index (Phi) is 4.08. The van der Waals surface area contributed by atoms with Crippen LogP contribution in [0.3, 0.4) is 0 Å². The Morgan fingerprint density at radius 3 is 2.70 bits per heavy atom. The molecular weight excluding hydrogens is 334 g/mol. The minimum atomic E-state index is 0.513. The Morgan fingerprint density at radius 1 is 1.22 bits per heavy atom. The number of likely N-dealkylation sites (tertiary alicyclic amines) is 1. The van der Waals surface area contributed by atoms with Crippen molar-refractivity contribution in [3.63, 3.8) is 0 Å². The second kappa shape index (κ2) is 6.37. The highest BCUT2D eigenvalue weighted by Gasteiger charge is 2.51. The van der Waals surface area contributed by atoms with Crippen LogP contribution in [0.25, 0.3) is 11.1 Å². The molecule has 144 valence electrons. The maximum atomic E-state index is 5.97. The van der Waals surface area contributed by atoms with Crippen molar-refractivity contribution in [2.45, 2.75) is 45.6 Å². The van der Waals surface area contributed by atoms with Gasteiger partial charge in [0, 0.05) is 32.7 Å². The van der Waals surface area contributed by atoms with Gasteiger partial charge in [-0.1, -0.05) is 37.6 Å². The molecule has 0 spiro atoms. The van der Waals surface area contributed by atoms with Crippen molar-refractivity contribution in [2.75, 3.05) is 31.6 Å². The first-order valence-corrected chi connectivity index (χ1v) is 10.5. The molecule has 2 aromatic rings. The maximum Gasteiger partial charge on any atom is 0.298 e. The van der Waals surface area contributed by atoms with E-state index >= 15 is 0 Å². The van der Waals surface area contributed by atoms with Crippen molar-refractivity contribution in [3.8, 4) is 0 Å². The number of anilines is 1. The summed E-state index contributed by atoms with van der Waals surface area (Å²) >= 11 is 0. The molecule has 3 aliphatic carbocycles. The van der Waals surface area contributed by atoms with Gasteiger partial charge in [0.25, 0.3) is 6.01 Å². The Bertz CT molecular complexity index is 826. The monoisotopic (exact) mass is 365 g/mol. The van der Waals surface area contributed by atoms with Crippen LogP contribution in [-0.2, 0) is 0 Å². The zero-order chi connectivity index (χ0) is 18.6. The molecule has 1 aromatic carbocycles. The van der Waals surface area contributed by atoms with Gasteiger partial charge in [0.05, 0.1) is 0 Å². The quantitative estimate of drug-likeness (QED) is 0.734. The summed E-state index contributed by atoms with van der Waals surface area (Å²) in [5, 5.41) is 0. The first-order chi connectivity index (χ1) is 13.0. The van der Waals surface area contributed by atoms with Gasteiger partial charge in [0.15, 0.2) is 5.58 Å². The van der Waals surface area contributed by atoms with Gasteiger partial charge in [-0.3, -0.25) is 4.90 Å². The molecule has 1 aliphatic heterocycles. The second-order valence-corrected chi connectivity index (χ2v) is 9.40. The SMILES string of the molecule is CN(c1nc2ccccc2o1)C1CCN(CC2=CC[C@H]3C[C@@H]2C3(C)C)CC1. The van der Waals surface area contributed by atoms with Crippen LogP contribution in [-0.4, -0.2) is 42.6 Å². The van der Waals surface area contributed by atoms with Crippen molar-refractivity contribution < 1.29 is 4.42 Å². The molecule has 6 rings (SSSR count). The average Bonchev–Trinajstić information content (AvgIpc) is 3.12. The van der Waals surface area contributed by atoms with Crippen molar-refractivity contribution >= 4 is 17.1 Å². The summed E-state index contributed by atoms with van der Waals surface area (Å²) in [5.41, 5.74) is 4.08. The maximum absolute atomic E-state index is 5.97. The summed E-state index contributed by atoms with van der Waals surface area (Å²) in [5.74, 6) is 1.76. The molecule has 4 aliphatic rings. The fourth-order valence-electron chi connectivity index (χ4n) is 5.55. The lowest BCUT2D eigenvalue weighted by molar-refractivity contribution is -0.0112. The molecule has 0 unspecified atom stereocenters. The van der Waals surface area contributed by atoms with Crippen LogP contribution < -0.4 is 4.90 Å². The molecule has 4 heteroatoms. The zero-order valence-electron chi connectivity index (χ0n) is 16.8. The van der Waals surface area contributed by atoms with E-state index in [-0.39, 0.29) is 0 Å². The van der Waals surface area contributed by atoms with E-state index in [1.54, 1.807) is 5.57 Å². The minimum absolute atomic E-state index is 0.513. The third-order valence-corrected chi connectivity index (χ3v) is 7.68. The van der Waals surface area contributed by atoms with Crippen LogP contribution in [0.1, 0.15) is 39.5 Å². The van der Waals surface area contributed by atoms with Crippen LogP contribution in [0.15, 0.2) is 40.3 Å². The molecule has 0 amide bonds. The number of piperidine rings is 1. The summed E-state index contributed by atoms with van der Waals surface area (Å²) in [7, 11) is 2.13. The number of benzene rings is 1. The van der Waals surface area contributed by atoms with Gasteiger partial charge in [0.2, 0.25) is 0 Å².